The smallest absolute Gasteiger partial charge is 0.229 e. The van der Waals surface area contributed by atoms with Gasteiger partial charge in [-0.05, 0) is 75.4 Å². The van der Waals surface area contributed by atoms with E-state index in [1.807, 2.05) is 72.8 Å². The molecule has 17 heteroatoms. The van der Waals surface area contributed by atoms with Crippen LogP contribution >= 0.6 is 11.6 Å². The minimum atomic E-state index is 0.117. The van der Waals surface area contributed by atoms with E-state index >= 15 is 0 Å². The van der Waals surface area contributed by atoms with Gasteiger partial charge in [-0.3, -0.25) is 0 Å². The van der Waals surface area contributed by atoms with Crippen LogP contribution in [0.2, 0.25) is 5.28 Å². The lowest BCUT2D eigenvalue weighted by molar-refractivity contribution is 0.252. The van der Waals surface area contributed by atoms with Crippen molar-refractivity contribution in [3.8, 4) is 34.4 Å². The van der Waals surface area contributed by atoms with Crippen molar-refractivity contribution in [2.24, 2.45) is 0 Å². The zero-order valence-corrected chi connectivity index (χ0v) is 33.5. The third-order valence-corrected chi connectivity index (χ3v) is 11.0. The number of halogens is 1. The van der Waals surface area contributed by atoms with Crippen molar-refractivity contribution in [3.05, 3.63) is 90.5 Å². The molecule has 10 rings (SSSR count). The molecule has 296 valence electrons. The van der Waals surface area contributed by atoms with E-state index < -0.39 is 0 Å². The van der Waals surface area contributed by atoms with Gasteiger partial charge in [-0.25, -0.2) is 19.9 Å². The third kappa shape index (κ3) is 7.64. The Morgan fingerprint density at radius 2 is 1.25 bits per heavy atom. The number of aromatic nitrogens is 8. The predicted octanol–water partition coefficient (Wildman–Crippen LogP) is 6.35. The molecule has 0 saturated heterocycles. The fraction of sp³-hybridized carbons (Fsp3) is 0.350. The largest absolute Gasteiger partial charge is 0.494 e. The van der Waals surface area contributed by atoms with Crippen LogP contribution in [0.25, 0.3) is 11.4 Å². The number of fused-ring (bicyclic) bond motifs is 2. The van der Waals surface area contributed by atoms with E-state index in [2.05, 4.69) is 52.1 Å². The summed E-state index contributed by atoms with van der Waals surface area (Å²) in [5.74, 6) is 5.11. The number of ether oxygens (including phenoxy) is 4. The van der Waals surface area contributed by atoms with E-state index in [0.29, 0.717) is 18.2 Å². The van der Waals surface area contributed by atoms with Gasteiger partial charge in [0.25, 0.3) is 0 Å². The number of nitrogen functional groups attached to an aromatic ring is 1. The Balaban J connectivity index is 0.000000132. The summed E-state index contributed by atoms with van der Waals surface area (Å²) >= 11 is 5.75. The molecule has 0 atom stereocenters. The van der Waals surface area contributed by atoms with Gasteiger partial charge in [-0.15, -0.1) is 0 Å². The number of methoxy groups -OCH3 is 2. The number of nitrogens with one attached hydrogen (secondary N) is 1. The van der Waals surface area contributed by atoms with Gasteiger partial charge in [-0.1, -0.05) is 0 Å². The SMILES string of the molecule is CN1c2nc(Cl)ncc2OCC12CC2.COc1cc(N)ccc1-n1cnc(C)c1.COc1cc(Nc2ncc3c(n2)N(C)C2(CC2)CO3)ccc1-n1cnc(C)c1. The molecular formula is C40H45ClN12O4. The summed E-state index contributed by atoms with van der Waals surface area (Å²) in [5.41, 5.74) is 11.3. The molecule has 4 aliphatic rings. The van der Waals surface area contributed by atoms with Crippen LogP contribution in [-0.2, 0) is 0 Å². The maximum atomic E-state index is 5.86. The maximum Gasteiger partial charge on any atom is 0.229 e. The molecule has 2 fully saturated rings. The van der Waals surface area contributed by atoms with Crippen molar-refractivity contribution >= 4 is 40.6 Å². The van der Waals surface area contributed by atoms with Crippen LogP contribution in [0.5, 0.6) is 23.0 Å². The van der Waals surface area contributed by atoms with Crippen LogP contribution < -0.4 is 39.8 Å². The molecular weight excluding hydrogens is 748 g/mol. The number of benzene rings is 2. The molecule has 0 bridgehead atoms. The van der Waals surface area contributed by atoms with Gasteiger partial charge in [0.1, 0.15) is 24.7 Å². The summed E-state index contributed by atoms with van der Waals surface area (Å²) in [7, 11) is 7.40. The summed E-state index contributed by atoms with van der Waals surface area (Å²) in [6.45, 7) is 5.35. The van der Waals surface area contributed by atoms with Gasteiger partial charge >= 0.3 is 0 Å². The molecule has 2 aliphatic carbocycles. The summed E-state index contributed by atoms with van der Waals surface area (Å²) in [6.07, 6.45) is 15.4. The average molecular weight is 793 g/mol. The Morgan fingerprint density at radius 1 is 0.719 bits per heavy atom. The lowest BCUT2D eigenvalue weighted by Crippen LogP contribution is -2.43. The first-order chi connectivity index (χ1) is 27.5. The first-order valence-corrected chi connectivity index (χ1v) is 18.9. The Morgan fingerprint density at radius 3 is 1.77 bits per heavy atom. The molecule has 3 N–H and O–H groups in total. The standard InChI is InChI=1S/C20H22N6O2.C11H13N3O.C9H10ClN3O/c1-13-10-26(12-22-13)15-5-4-14(8-16(15)27-3)23-19-21-9-17-18(24-19)25(2)20(6-7-20)11-28-17;1-8-6-14(7-13-8)10-4-3-9(12)5-11(10)15-2;1-13-7-6(4-11-8(10)12-7)14-5-9(13)2-3-9/h4-5,8-10,12H,6-7,11H2,1-3H3,(H,21,23,24);3-7H,12H2,1-2H3;4H,2-3,5H2,1H3. The average Bonchev–Trinajstić information content (AvgIpc) is 4.09. The van der Waals surface area contributed by atoms with Gasteiger partial charge < -0.3 is 48.9 Å². The fourth-order valence-electron chi connectivity index (χ4n) is 6.87. The minimum absolute atomic E-state index is 0.117. The van der Waals surface area contributed by atoms with Gasteiger partial charge in [0.2, 0.25) is 11.2 Å². The third-order valence-electron chi connectivity index (χ3n) is 10.8. The molecule has 2 spiro atoms. The van der Waals surface area contributed by atoms with E-state index in [-0.39, 0.29) is 16.4 Å². The first kappa shape index (κ1) is 37.6. The first-order valence-electron chi connectivity index (χ1n) is 18.5. The van der Waals surface area contributed by atoms with Gasteiger partial charge in [-0.2, -0.15) is 9.97 Å². The second-order valence-electron chi connectivity index (χ2n) is 14.6. The number of nitrogens with zero attached hydrogens (tertiary/aromatic N) is 10. The normalized spacial score (nSPS) is 16.1. The number of hydrogen-bond donors (Lipinski definition) is 2. The Hall–Kier alpha value is -6.29. The van der Waals surface area contributed by atoms with E-state index in [1.165, 1.54) is 12.8 Å². The molecule has 6 heterocycles. The Kier molecular flexibility index (Phi) is 9.89. The van der Waals surface area contributed by atoms with Crippen molar-refractivity contribution in [1.29, 1.82) is 0 Å². The van der Waals surface area contributed by atoms with E-state index in [4.69, 9.17) is 36.3 Å². The summed E-state index contributed by atoms with van der Waals surface area (Å²) in [5, 5.41) is 3.55. The van der Waals surface area contributed by atoms with Crippen LogP contribution in [-0.4, -0.2) is 91.6 Å². The monoisotopic (exact) mass is 792 g/mol. The Labute approximate surface area is 335 Å². The molecule has 0 radical (unpaired) electrons. The van der Waals surface area contributed by atoms with Crippen molar-refractivity contribution in [2.45, 2.75) is 50.6 Å². The fourth-order valence-corrected chi connectivity index (χ4v) is 7.00. The van der Waals surface area contributed by atoms with Crippen molar-refractivity contribution in [3.63, 3.8) is 0 Å². The molecule has 2 aliphatic heterocycles. The molecule has 2 aromatic carbocycles. The summed E-state index contributed by atoms with van der Waals surface area (Å²) < 4.78 is 26.1. The van der Waals surface area contributed by atoms with Crippen LogP contribution in [0, 0.1) is 13.8 Å². The summed E-state index contributed by atoms with van der Waals surface area (Å²) in [4.78, 5) is 30.0. The number of aryl methyl sites for hydroxylation is 2. The highest BCUT2D eigenvalue weighted by Gasteiger charge is 2.52. The van der Waals surface area contributed by atoms with Crippen molar-refractivity contribution in [1.82, 2.24) is 39.0 Å². The number of imidazole rings is 2. The zero-order valence-electron chi connectivity index (χ0n) is 32.7. The summed E-state index contributed by atoms with van der Waals surface area (Å²) in [6, 6.07) is 11.4. The van der Waals surface area contributed by atoms with Crippen LogP contribution in [0.1, 0.15) is 37.1 Å². The highest BCUT2D eigenvalue weighted by molar-refractivity contribution is 6.28. The van der Waals surface area contributed by atoms with E-state index in [9.17, 15) is 0 Å². The van der Waals surface area contributed by atoms with Crippen LogP contribution in [0.3, 0.4) is 0 Å². The highest BCUT2D eigenvalue weighted by atomic mass is 35.5. The molecule has 2 saturated carbocycles. The number of likely N-dealkylation sites (N-methyl/N-ethyl adjacent to an activating group) is 2. The second-order valence-corrected chi connectivity index (χ2v) is 15.0. The lowest BCUT2D eigenvalue weighted by Gasteiger charge is -2.35. The van der Waals surface area contributed by atoms with Gasteiger partial charge in [0.05, 0.1) is 73.1 Å². The molecule has 4 aromatic heterocycles. The topological polar surface area (TPSA) is 169 Å². The quantitative estimate of drug-likeness (QED) is 0.141. The number of anilines is 5. The molecule has 57 heavy (non-hydrogen) atoms. The van der Waals surface area contributed by atoms with Crippen LogP contribution in [0.4, 0.5) is 29.0 Å². The van der Waals surface area contributed by atoms with Gasteiger partial charge in [0.15, 0.2) is 23.1 Å². The number of nitrogens with two attached hydrogens (primary N) is 1. The number of rotatable bonds is 6. The Bertz CT molecular complexity index is 2410. The predicted molar refractivity (Wildman–Crippen MR) is 218 cm³/mol. The second kappa shape index (κ2) is 15.0. The van der Waals surface area contributed by atoms with E-state index in [1.54, 1.807) is 45.3 Å². The van der Waals surface area contributed by atoms with Crippen molar-refractivity contribution in [2.75, 3.05) is 62.4 Å². The number of hydrogen-bond acceptors (Lipinski definition) is 14. The minimum Gasteiger partial charge on any atom is -0.494 e. The van der Waals surface area contributed by atoms with E-state index in [0.717, 1.165) is 82.5 Å². The molecule has 6 aromatic rings. The zero-order chi connectivity index (χ0) is 39.9. The highest BCUT2D eigenvalue weighted by Crippen LogP contribution is 2.49. The van der Waals surface area contributed by atoms with Crippen molar-refractivity contribution < 1.29 is 18.9 Å². The molecule has 0 amide bonds. The lowest BCUT2D eigenvalue weighted by atomic mass is 10.2. The van der Waals surface area contributed by atoms with Crippen LogP contribution in [0.15, 0.2) is 73.8 Å². The van der Waals surface area contributed by atoms with Gasteiger partial charge in [0, 0.05) is 50.0 Å². The maximum absolute atomic E-state index is 5.86. The molecule has 0 unspecified atom stereocenters. The molecule has 16 nitrogen and oxygen atoms in total.